The van der Waals surface area contributed by atoms with E-state index in [-0.39, 0.29) is 28.9 Å². The third kappa shape index (κ3) is 9.58. The number of aryl methyl sites for hydroxylation is 4. The lowest BCUT2D eigenvalue weighted by Gasteiger charge is -2.21. The maximum atomic E-state index is 13.4. The number of nitrogens with two attached hydrogens (primary N) is 2. The van der Waals surface area contributed by atoms with Crippen molar-refractivity contribution in [1.29, 1.82) is 0 Å². The van der Waals surface area contributed by atoms with Gasteiger partial charge in [-0.1, -0.05) is 90.1 Å². The van der Waals surface area contributed by atoms with Crippen LogP contribution in [0.25, 0.3) is 22.5 Å². The second-order valence-electron chi connectivity index (χ2n) is 20.1. The molecule has 2 aliphatic rings. The monoisotopic (exact) mass is 961 g/mol. The molecule has 4 aromatic carbocycles. The first-order valence-electron chi connectivity index (χ1n) is 23.8. The van der Waals surface area contributed by atoms with Crippen LogP contribution in [-0.4, -0.2) is 47.3 Å². The summed E-state index contributed by atoms with van der Waals surface area (Å²) in [6.45, 7) is 14.4. The molecule has 0 unspecified atom stereocenters. The predicted octanol–water partition coefficient (Wildman–Crippen LogP) is 10.2. The predicted molar refractivity (Wildman–Crippen MR) is 277 cm³/mol. The minimum absolute atomic E-state index is 0.000485. The molecule has 6 heterocycles. The number of rotatable bonds is 11. The molecule has 16 heteroatoms. The fourth-order valence-corrected chi connectivity index (χ4v) is 8.96. The number of fused-ring (bicyclic) bond motifs is 4. The van der Waals surface area contributed by atoms with E-state index in [1.807, 2.05) is 30.3 Å². The van der Waals surface area contributed by atoms with Crippen LogP contribution in [0.2, 0.25) is 0 Å². The molecule has 0 radical (unpaired) electrons. The molecule has 2 aliphatic heterocycles. The van der Waals surface area contributed by atoms with Crippen molar-refractivity contribution < 1.29 is 23.9 Å². The molecule has 0 saturated carbocycles. The molecular weight excluding hydrogens is 907 g/mol. The smallest absolute Gasteiger partial charge is 0.256 e. The molecule has 10 rings (SSSR count). The topological polar surface area (TPSA) is 219 Å². The van der Waals surface area contributed by atoms with Crippen molar-refractivity contribution in [2.75, 3.05) is 16.0 Å². The molecular formula is C56H55N11O5. The summed E-state index contributed by atoms with van der Waals surface area (Å²) in [4.78, 5) is 48.1. The van der Waals surface area contributed by atoms with Crippen molar-refractivity contribution in [3.8, 4) is 39.9 Å². The fraction of sp³-hybridized carbons (Fsp3) is 0.232. The molecule has 7 N–H and O–H groups in total. The molecule has 0 bridgehead atoms. The zero-order valence-corrected chi connectivity index (χ0v) is 41.0. The summed E-state index contributed by atoms with van der Waals surface area (Å²) >= 11 is 0. The maximum absolute atomic E-state index is 13.4. The zero-order valence-electron chi connectivity index (χ0n) is 41.0. The van der Waals surface area contributed by atoms with Gasteiger partial charge in [0.15, 0.2) is 0 Å². The van der Waals surface area contributed by atoms with Gasteiger partial charge in [0.05, 0.1) is 0 Å². The molecule has 0 saturated heterocycles. The Balaban J connectivity index is 0.764. The number of benzene rings is 4. The molecule has 0 aliphatic carbocycles. The highest BCUT2D eigenvalue weighted by Crippen LogP contribution is 2.39. The summed E-state index contributed by atoms with van der Waals surface area (Å²) in [5, 5.41) is 19.4. The SMILES string of the molecule is CC(C)(C)c1ccc2c(c1)CCn1nc(-c3ccc(C(=O)Nc4cc(OCc5cccc(Oc6ccc(-c7nn8c(c7C(N)=O)Nc7ccc(C(C)(C)C)cc7CC8)cn6)c5)ccn4)cc3)c(C(N)=O)c1N2. The van der Waals surface area contributed by atoms with E-state index >= 15 is 0 Å². The minimum Gasteiger partial charge on any atom is -0.489 e. The maximum Gasteiger partial charge on any atom is 0.256 e. The molecule has 72 heavy (non-hydrogen) atoms. The Kier molecular flexibility index (Phi) is 12.1. The average Bonchev–Trinajstić information content (AvgIpc) is 3.77. The van der Waals surface area contributed by atoms with Gasteiger partial charge in [-0.15, -0.1) is 0 Å². The number of anilines is 5. The van der Waals surface area contributed by atoms with E-state index in [1.54, 1.807) is 70.3 Å². The molecule has 3 amide bonds. The standard InChI is InChI=1S/C56H55N11O5/c1-55(2,3)38-15-17-42-35(27-38)21-24-66-52(61-42)46(50(57)68)48(64-66)33-10-12-34(13-11-33)54(70)63-44-29-40(20-23-59-44)71-31-32-8-7-9-41(26-32)72-45-19-14-37(30-60-45)49-47(51(58)69)53-62-43-18-16-39(56(4,5)6)28-36(43)22-25-67(53)65-49/h7-20,23,26-30,61-62H,21-22,24-25,31H2,1-6H3,(H2,57,68)(H2,58,69)(H,59,63,70). The summed E-state index contributed by atoms with van der Waals surface area (Å²) < 4.78 is 15.8. The van der Waals surface area contributed by atoms with Crippen molar-refractivity contribution in [3.63, 3.8) is 0 Å². The molecule has 0 fully saturated rings. The Bertz CT molecular complexity index is 3420. The number of amides is 3. The molecule has 16 nitrogen and oxygen atoms in total. The first-order valence-corrected chi connectivity index (χ1v) is 23.8. The lowest BCUT2D eigenvalue weighted by molar-refractivity contribution is 0.0993. The Morgan fingerprint density at radius 3 is 1.79 bits per heavy atom. The van der Waals surface area contributed by atoms with Gasteiger partial charge in [-0.05, 0) is 100 Å². The van der Waals surface area contributed by atoms with Gasteiger partial charge >= 0.3 is 0 Å². The summed E-state index contributed by atoms with van der Waals surface area (Å²) in [6, 6.07) is 33.8. The van der Waals surface area contributed by atoms with E-state index in [4.69, 9.17) is 31.1 Å². The van der Waals surface area contributed by atoms with Crippen LogP contribution < -0.4 is 36.9 Å². The summed E-state index contributed by atoms with van der Waals surface area (Å²) in [6.07, 6.45) is 4.63. The first kappa shape index (κ1) is 46.9. The average molecular weight is 962 g/mol. The lowest BCUT2D eigenvalue weighted by Crippen LogP contribution is -2.14. The number of hydrogen-bond acceptors (Lipinski definition) is 11. The van der Waals surface area contributed by atoms with E-state index in [9.17, 15) is 14.4 Å². The van der Waals surface area contributed by atoms with Crippen LogP contribution in [0, 0.1) is 0 Å². The van der Waals surface area contributed by atoms with Gasteiger partial charge in [0, 0.05) is 65.7 Å². The van der Waals surface area contributed by atoms with E-state index < -0.39 is 11.8 Å². The largest absolute Gasteiger partial charge is 0.489 e. The number of nitrogens with zero attached hydrogens (tertiary/aromatic N) is 6. The number of pyridine rings is 2. The van der Waals surface area contributed by atoms with Gasteiger partial charge in [-0.25, -0.2) is 19.3 Å². The van der Waals surface area contributed by atoms with Crippen molar-refractivity contribution in [3.05, 3.63) is 166 Å². The Labute approximate surface area is 416 Å². The van der Waals surface area contributed by atoms with Gasteiger partial charge in [-0.3, -0.25) is 14.4 Å². The summed E-state index contributed by atoms with van der Waals surface area (Å²) in [5.74, 6) is 1.19. The van der Waals surface area contributed by atoms with Gasteiger partial charge in [0.2, 0.25) is 5.88 Å². The van der Waals surface area contributed by atoms with E-state index in [0.29, 0.717) is 81.6 Å². The van der Waals surface area contributed by atoms with Crippen molar-refractivity contribution in [2.45, 2.75) is 84.9 Å². The van der Waals surface area contributed by atoms with Crippen molar-refractivity contribution >= 4 is 46.5 Å². The number of ether oxygens (including phenoxy) is 2. The summed E-state index contributed by atoms with van der Waals surface area (Å²) in [5.41, 5.74) is 22.4. The van der Waals surface area contributed by atoms with Crippen LogP contribution >= 0.6 is 0 Å². The normalized spacial score (nSPS) is 12.9. The van der Waals surface area contributed by atoms with Crippen LogP contribution in [0.1, 0.15) is 100 Å². The minimum atomic E-state index is -0.605. The Morgan fingerprint density at radius 2 is 1.24 bits per heavy atom. The van der Waals surface area contributed by atoms with E-state index in [0.717, 1.165) is 40.9 Å². The molecule has 8 aromatic rings. The van der Waals surface area contributed by atoms with Crippen molar-refractivity contribution in [2.24, 2.45) is 11.5 Å². The van der Waals surface area contributed by atoms with Gasteiger partial charge < -0.3 is 36.9 Å². The number of carbonyl (C=O) groups excluding carboxylic acids is 3. The Morgan fingerprint density at radius 1 is 0.653 bits per heavy atom. The van der Waals surface area contributed by atoms with Gasteiger partial charge in [0.1, 0.15) is 58.1 Å². The van der Waals surface area contributed by atoms with Gasteiger partial charge in [-0.2, -0.15) is 10.2 Å². The zero-order chi connectivity index (χ0) is 50.5. The van der Waals surface area contributed by atoms with Crippen LogP contribution in [0.5, 0.6) is 17.4 Å². The van der Waals surface area contributed by atoms with Crippen molar-refractivity contribution in [1.82, 2.24) is 29.5 Å². The van der Waals surface area contributed by atoms with Crippen LogP contribution in [0.15, 0.2) is 122 Å². The van der Waals surface area contributed by atoms with Gasteiger partial charge in [0.25, 0.3) is 17.7 Å². The number of hydrogen-bond donors (Lipinski definition) is 5. The second kappa shape index (κ2) is 18.5. The number of carbonyl (C=O) groups is 3. The van der Waals surface area contributed by atoms with Crippen LogP contribution in [-0.2, 0) is 43.4 Å². The first-order chi connectivity index (χ1) is 34.4. The second-order valence-corrected chi connectivity index (χ2v) is 20.1. The molecule has 364 valence electrons. The molecule has 0 atom stereocenters. The van der Waals surface area contributed by atoms with Crippen LogP contribution in [0.3, 0.4) is 0 Å². The lowest BCUT2D eigenvalue weighted by atomic mass is 9.85. The van der Waals surface area contributed by atoms with E-state index in [1.165, 1.54) is 11.1 Å². The molecule has 4 aromatic heterocycles. The van der Waals surface area contributed by atoms with E-state index in [2.05, 4.69) is 97.8 Å². The highest BCUT2D eigenvalue weighted by Gasteiger charge is 2.29. The number of aromatic nitrogens is 6. The quantitative estimate of drug-likeness (QED) is 0.0821. The third-order valence-electron chi connectivity index (χ3n) is 13.0. The number of primary amides is 2. The van der Waals surface area contributed by atoms with Crippen LogP contribution in [0.4, 0.5) is 28.8 Å². The highest BCUT2D eigenvalue weighted by molar-refractivity contribution is 6.06. The molecule has 0 spiro atoms. The summed E-state index contributed by atoms with van der Waals surface area (Å²) in [7, 11) is 0. The Hall–Kier alpha value is -8.79. The fourth-order valence-electron chi connectivity index (χ4n) is 8.96. The third-order valence-corrected chi connectivity index (χ3v) is 13.0. The number of nitrogens with one attached hydrogen (secondary N) is 3. The highest BCUT2D eigenvalue weighted by atomic mass is 16.5.